The third-order valence-corrected chi connectivity index (χ3v) is 2.91. The summed E-state index contributed by atoms with van der Waals surface area (Å²) in [6, 6.07) is 9.20. The molecule has 1 aromatic rings. The van der Waals surface area contributed by atoms with Gasteiger partial charge in [0.25, 0.3) is 5.91 Å². The van der Waals surface area contributed by atoms with Gasteiger partial charge >= 0.3 is 0 Å². The van der Waals surface area contributed by atoms with Gasteiger partial charge in [0.1, 0.15) is 6.04 Å². The molecule has 1 amide bonds. The van der Waals surface area contributed by atoms with E-state index in [1.807, 2.05) is 24.3 Å². The number of hydrogen-bond donors (Lipinski definition) is 0. The highest BCUT2D eigenvalue weighted by molar-refractivity contribution is 5.94. The molecular weight excluding hydrogens is 212 g/mol. The van der Waals surface area contributed by atoms with Crippen LogP contribution in [-0.2, 0) is 0 Å². The fourth-order valence-electron chi connectivity index (χ4n) is 1.48. The molecule has 0 aliphatic heterocycles. The molecule has 0 spiro atoms. The van der Waals surface area contributed by atoms with Gasteiger partial charge in [0.15, 0.2) is 0 Å². The van der Waals surface area contributed by atoms with E-state index in [2.05, 4.69) is 19.9 Å². The lowest BCUT2D eigenvalue weighted by molar-refractivity contribution is 0.0773. The zero-order valence-corrected chi connectivity index (χ0v) is 10.8. The standard InChI is InChI=1S/C14H18N2O/c1-10(2)12-5-7-13(8-6-12)14(17)16(4)11(3)9-15/h5-8,10-11H,1-4H3. The number of carbonyl (C=O) groups is 1. The van der Waals surface area contributed by atoms with E-state index in [1.54, 1.807) is 14.0 Å². The van der Waals surface area contributed by atoms with E-state index in [0.29, 0.717) is 11.5 Å². The lowest BCUT2D eigenvalue weighted by Crippen LogP contribution is -2.33. The number of hydrogen-bond acceptors (Lipinski definition) is 2. The normalized spacial score (nSPS) is 12.0. The molecule has 0 aliphatic rings. The molecular formula is C14H18N2O. The van der Waals surface area contributed by atoms with Gasteiger partial charge in [-0.15, -0.1) is 0 Å². The zero-order chi connectivity index (χ0) is 13.0. The molecule has 1 aromatic carbocycles. The van der Waals surface area contributed by atoms with Gasteiger partial charge in [0, 0.05) is 12.6 Å². The van der Waals surface area contributed by atoms with Crippen LogP contribution in [0.3, 0.4) is 0 Å². The Morgan fingerprint density at radius 1 is 1.24 bits per heavy atom. The van der Waals surface area contributed by atoms with Crippen molar-refractivity contribution in [3.05, 3.63) is 35.4 Å². The highest BCUT2D eigenvalue weighted by atomic mass is 16.2. The second-order valence-electron chi connectivity index (χ2n) is 4.50. The Bertz CT molecular complexity index is 429. The molecule has 0 aromatic heterocycles. The predicted molar refractivity (Wildman–Crippen MR) is 67.7 cm³/mol. The molecule has 1 atom stereocenters. The van der Waals surface area contributed by atoms with Gasteiger partial charge in [-0.3, -0.25) is 4.79 Å². The molecule has 90 valence electrons. The molecule has 0 saturated heterocycles. The first-order valence-electron chi connectivity index (χ1n) is 5.74. The van der Waals surface area contributed by atoms with Crippen LogP contribution in [0.25, 0.3) is 0 Å². The smallest absolute Gasteiger partial charge is 0.254 e. The van der Waals surface area contributed by atoms with E-state index in [4.69, 9.17) is 5.26 Å². The topological polar surface area (TPSA) is 44.1 Å². The van der Waals surface area contributed by atoms with Gasteiger partial charge in [0.05, 0.1) is 6.07 Å². The Kier molecular flexibility index (Phi) is 4.28. The Hall–Kier alpha value is -1.82. The van der Waals surface area contributed by atoms with Gasteiger partial charge < -0.3 is 4.90 Å². The fourth-order valence-corrected chi connectivity index (χ4v) is 1.48. The molecule has 1 rings (SSSR count). The summed E-state index contributed by atoms with van der Waals surface area (Å²) < 4.78 is 0. The van der Waals surface area contributed by atoms with Gasteiger partial charge in [-0.2, -0.15) is 5.26 Å². The van der Waals surface area contributed by atoms with Crippen molar-refractivity contribution in [3.63, 3.8) is 0 Å². The second kappa shape index (κ2) is 5.49. The van der Waals surface area contributed by atoms with Crippen molar-refractivity contribution < 1.29 is 4.79 Å². The fraction of sp³-hybridized carbons (Fsp3) is 0.429. The Morgan fingerprint density at radius 2 is 1.76 bits per heavy atom. The molecule has 0 aliphatic carbocycles. The highest BCUT2D eigenvalue weighted by Crippen LogP contribution is 2.15. The minimum atomic E-state index is -0.410. The average molecular weight is 230 g/mol. The van der Waals surface area contributed by atoms with Gasteiger partial charge in [0.2, 0.25) is 0 Å². The maximum atomic E-state index is 12.0. The number of rotatable bonds is 3. The third-order valence-electron chi connectivity index (χ3n) is 2.91. The molecule has 0 heterocycles. The first kappa shape index (κ1) is 13.2. The molecule has 0 radical (unpaired) electrons. The van der Waals surface area contributed by atoms with Crippen molar-refractivity contribution >= 4 is 5.91 Å². The van der Waals surface area contributed by atoms with Crippen LogP contribution in [0, 0.1) is 11.3 Å². The monoisotopic (exact) mass is 230 g/mol. The minimum Gasteiger partial charge on any atom is -0.326 e. The quantitative estimate of drug-likeness (QED) is 0.801. The van der Waals surface area contributed by atoms with E-state index in [9.17, 15) is 4.79 Å². The molecule has 0 saturated carbocycles. The van der Waals surface area contributed by atoms with Crippen molar-refractivity contribution in [1.82, 2.24) is 4.90 Å². The summed E-state index contributed by atoms with van der Waals surface area (Å²) in [5, 5.41) is 8.77. The van der Waals surface area contributed by atoms with Crippen LogP contribution >= 0.6 is 0 Å². The lowest BCUT2D eigenvalue weighted by atomic mass is 10.0. The summed E-state index contributed by atoms with van der Waals surface area (Å²) in [5.41, 5.74) is 1.83. The molecule has 3 nitrogen and oxygen atoms in total. The lowest BCUT2D eigenvalue weighted by Gasteiger charge is -2.19. The summed E-state index contributed by atoms with van der Waals surface area (Å²) in [5.74, 6) is 0.337. The van der Waals surface area contributed by atoms with E-state index in [-0.39, 0.29) is 5.91 Å². The van der Waals surface area contributed by atoms with Crippen LogP contribution in [0.2, 0.25) is 0 Å². The van der Waals surface area contributed by atoms with Crippen LogP contribution in [0.5, 0.6) is 0 Å². The van der Waals surface area contributed by atoms with E-state index in [1.165, 1.54) is 10.5 Å². The molecule has 1 unspecified atom stereocenters. The van der Waals surface area contributed by atoms with Crippen LogP contribution in [0.4, 0.5) is 0 Å². The summed E-state index contributed by atoms with van der Waals surface area (Å²) in [7, 11) is 1.65. The Labute approximate surface area is 103 Å². The number of amides is 1. The summed E-state index contributed by atoms with van der Waals surface area (Å²) in [6.45, 7) is 5.93. The Morgan fingerprint density at radius 3 is 2.18 bits per heavy atom. The first-order valence-corrected chi connectivity index (χ1v) is 5.74. The molecule has 0 N–H and O–H groups in total. The van der Waals surface area contributed by atoms with Gasteiger partial charge in [-0.1, -0.05) is 26.0 Å². The largest absolute Gasteiger partial charge is 0.326 e. The van der Waals surface area contributed by atoms with Crippen LogP contribution in [0.1, 0.15) is 42.6 Å². The van der Waals surface area contributed by atoms with Crippen LogP contribution in [-0.4, -0.2) is 23.9 Å². The second-order valence-corrected chi connectivity index (χ2v) is 4.50. The van der Waals surface area contributed by atoms with Gasteiger partial charge in [-0.25, -0.2) is 0 Å². The van der Waals surface area contributed by atoms with Crippen molar-refractivity contribution in [2.45, 2.75) is 32.7 Å². The van der Waals surface area contributed by atoms with Crippen molar-refractivity contribution in [2.75, 3.05) is 7.05 Å². The van der Waals surface area contributed by atoms with Crippen molar-refractivity contribution in [2.24, 2.45) is 0 Å². The average Bonchev–Trinajstić information content (AvgIpc) is 2.36. The highest BCUT2D eigenvalue weighted by Gasteiger charge is 2.16. The number of nitrogens with zero attached hydrogens (tertiary/aromatic N) is 2. The van der Waals surface area contributed by atoms with Crippen LogP contribution < -0.4 is 0 Å². The summed E-state index contributed by atoms with van der Waals surface area (Å²) >= 11 is 0. The van der Waals surface area contributed by atoms with E-state index in [0.717, 1.165) is 0 Å². The maximum absolute atomic E-state index is 12.0. The number of benzene rings is 1. The van der Waals surface area contributed by atoms with Crippen molar-refractivity contribution in [3.8, 4) is 6.07 Å². The van der Waals surface area contributed by atoms with Crippen molar-refractivity contribution in [1.29, 1.82) is 5.26 Å². The summed E-state index contributed by atoms with van der Waals surface area (Å²) in [6.07, 6.45) is 0. The van der Waals surface area contributed by atoms with E-state index < -0.39 is 6.04 Å². The minimum absolute atomic E-state index is 0.116. The molecule has 17 heavy (non-hydrogen) atoms. The predicted octanol–water partition coefficient (Wildman–Crippen LogP) is 2.79. The maximum Gasteiger partial charge on any atom is 0.254 e. The third kappa shape index (κ3) is 3.07. The first-order chi connectivity index (χ1) is 7.97. The zero-order valence-electron chi connectivity index (χ0n) is 10.8. The number of nitriles is 1. The van der Waals surface area contributed by atoms with Crippen LogP contribution in [0.15, 0.2) is 24.3 Å². The molecule has 0 fully saturated rings. The Balaban J connectivity index is 2.87. The molecule has 3 heteroatoms. The SMILES string of the molecule is CC(C)c1ccc(C(=O)N(C)C(C)C#N)cc1. The molecule has 0 bridgehead atoms. The summed E-state index contributed by atoms with van der Waals surface area (Å²) in [4.78, 5) is 13.4. The van der Waals surface area contributed by atoms with Gasteiger partial charge in [-0.05, 0) is 30.5 Å². The number of carbonyl (C=O) groups excluding carboxylic acids is 1. The van der Waals surface area contributed by atoms with E-state index >= 15 is 0 Å².